The number of benzene rings is 2. The van der Waals surface area contributed by atoms with Crippen LogP contribution in [0.15, 0.2) is 54.6 Å². The highest BCUT2D eigenvalue weighted by molar-refractivity contribution is 6.06. The second-order valence-electron chi connectivity index (χ2n) is 6.42. The van der Waals surface area contributed by atoms with Gasteiger partial charge in [0.2, 0.25) is 5.91 Å². The lowest BCUT2D eigenvalue weighted by molar-refractivity contribution is -0.120. The van der Waals surface area contributed by atoms with E-state index in [9.17, 15) is 9.59 Å². The molecule has 2 aromatic rings. The number of anilines is 1. The number of nitrogens with two attached hydrogens (primary N) is 1. The second kappa shape index (κ2) is 7.44. The molecule has 5 heteroatoms. The third-order valence-electron chi connectivity index (χ3n) is 4.68. The van der Waals surface area contributed by atoms with Crippen molar-refractivity contribution in [3.63, 3.8) is 0 Å². The lowest BCUT2D eigenvalue weighted by Gasteiger charge is -2.37. The number of nitrogens with zero attached hydrogens (tertiary/aromatic N) is 1. The predicted octanol–water partition coefficient (Wildman–Crippen LogP) is 3.10. The largest absolute Gasteiger partial charge is 0.497 e. The van der Waals surface area contributed by atoms with E-state index < -0.39 is 0 Å². The SMILES string of the molecule is COc1cccc(/C=C/C(=O)N2c3ccccc3[C@@H](C(N)=O)C[C@@H]2C)c1. The van der Waals surface area contributed by atoms with Crippen molar-refractivity contribution in [2.24, 2.45) is 5.73 Å². The molecule has 0 aliphatic carbocycles. The van der Waals surface area contributed by atoms with Gasteiger partial charge in [-0.1, -0.05) is 30.3 Å². The summed E-state index contributed by atoms with van der Waals surface area (Å²) in [6, 6.07) is 14.8. The van der Waals surface area contributed by atoms with E-state index in [4.69, 9.17) is 10.5 Å². The van der Waals surface area contributed by atoms with Gasteiger partial charge in [0, 0.05) is 17.8 Å². The molecule has 26 heavy (non-hydrogen) atoms. The standard InChI is InChI=1S/C21H22N2O3/c1-14-12-18(21(22)25)17-8-3-4-9-19(17)23(14)20(24)11-10-15-6-5-7-16(13-15)26-2/h3-11,13-14,18H,12H2,1-2H3,(H2,22,25)/b11-10+/t14-,18-/m0/s1. The second-order valence-corrected chi connectivity index (χ2v) is 6.42. The topological polar surface area (TPSA) is 72.6 Å². The van der Waals surface area contributed by atoms with Gasteiger partial charge in [0.05, 0.1) is 13.0 Å². The molecule has 1 heterocycles. The van der Waals surface area contributed by atoms with Gasteiger partial charge in [0.15, 0.2) is 0 Å². The van der Waals surface area contributed by atoms with Crippen LogP contribution in [0.5, 0.6) is 5.75 Å². The number of methoxy groups -OCH3 is 1. The first kappa shape index (κ1) is 17.7. The van der Waals surface area contributed by atoms with E-state index in [0.29, 0.717) is 6.42 Å². The van der Waals surface area contributed by atoms with Crippen molar-refractivity contribution in [1.82, 2.24) is 0 Å². The lowest BCUT2D eigenvalue weighted by Crippen LogP contribution is -2.44. The molecule has 5 nitrogen and oxygen atoms in total. The molecule has 2 N–H and O–H groups in total. The number of ether oxygens (including phenoxy) is 1. The van der Waals surface area contributed by atoms with Crippen LogP contribution in [0.1, 0.15) is 30.4 Å². The van der Waals surface area contributed by atoms with Crippen LogP contribution in [0, 0.1) is 0 Å². The Bertz CT molecular complexity index is 860. The molecule has 134 valence electrons. The maximum Gasteiger partial charge on any atom is 0.251 e. The summed E-state index contributed by atoms with van der Waals surface area (Å²) in [5.74, 6) is -0.118. The van der Waals surface area contributed by atoms with Crippen LogP contribution in [-0.4, -0.2) is 25.0 Å². The highest BCUT2D eigenvalue weighted by atomic mass is 16.5. The molecular formula is C21H22N2O3. The molecule has 0 radical (unpaired) electrons. The first-order valence-electron chi connectivity index (χ1n) is 8.55. The Kier molecular flexibility index (Phi) is 5.07. The van der Waals surface area contributed by atoms with Crippen LogP contribution in [-0.2, 0) is 9.59 Å². The van der Waals surface area contributed by atoms with Gasteiger partial charge in [-0.25, -0.2) is 0 Å². The number of carbonyl (C=O) groups excluding carboxylic acids is 2. The summed E-state index contributed by atoms with van der Waals surface area (Å²) in [4.78, 5) is 26.4. The van der Waals surface area contributed by atoms with E-state index >= 15 is 0 Å². The lowest BCUT2D eigenvalue weighted by atomic mass is 9.85. The van der Waals surface area contributed by atoms with Crippen molar-refractivity contribution in [2.45, 2.75) is 25.3 Å². The summed E-state index contributed by atoms with van der Waals surface area (Å²) in [5, 5.41) is 0. The van der Waals surface area contributed by atoms with Gasteiger partial charge in [-0.05, 0) is 48.7 Å². The van der Waals surface area contributed by atoms with E-state index in [1.54, 1.807) is 24.2 Å². The normalized spacial score (nSPS) is 19.2. The van der Waals surface area contributed by atoms with Crippen LogP contribution in [0.2, 0.25) is 0 Å². The molecule has 0 spiro atoms. The zero-order valence-corrected chi connectivity index (χ0v) is 14.9. The maximum absolute atomic E-state index is 12.9. The highest BCUT2D eigenvalue weighted by Gasteiger charge is 2.35. The molecule has 0 bridgehead atoms. The molecule has 2 amide bonds. The molecule has 0 saturated heterocycles. The smallest absolute Gasteiger partial charge is 0.251 e. The maximum atomic E-state index is 12.9. The van der Waals surface area contributed by atoms with Crippen LogP contribution in [0.4, 0.5) is 5.69 Å². The third-order valence-corrected chi connectivity index (χ3v) is 4.68. The first-order chi connectivity index (χ1) is 12.5. The minimum atomic E-state index is -0.368. The average molecular weight is 350 g/mol. The summed E-state index contributed by atoms with van der Waals surface area (Å²) < 4.78 is 5.20. The molecule has 1 aliphatic rings. The minimum Gasteiger partial charge on any atom is -0.497 e. The Morgan fingerprint density at radius 3 is 2.69 bits per heavy atom. The molecule has 0 unspecified atom stereocenters. The molecule has 2 atom stereocenters. The van der Waals surface area contributed by atoms with Gasteiger partial charge >= 0.3 is 0 Å². The van der Waals surface area contributed by atoms with E-state index in [0.717, 1.165) is 22.6 Å². The molecule has 0 aromatic heterocycles. The van der Waals surface area contributed by atoms with E-state index in [1.807, 2.05) is 55.5 Å². The van der Waals surface area contributed by atoms with Gasteiger partial charge in [0.1, 0.15) is 5.75 Å². The fourth-order valence-corrected chi connectivity index (χ4v) is 3.41. The Balaban J connectivity index is 1.89. The van der Waals surface area contributed by atoms with E-state index in [1.165, 1.54) is 0 Å². The monoisotopic (exact) mass is 350 g/mol. The Morgan fingerprint density at radius 1 is 1.19 bits per heavy atom. The quantitative estimate of drug-likeness (QED) is 0.861. The Morgan fingerprint density at radius 2 is 1.96 bits per heavy atom. The number of hydrogen-bond acceptors (Lipinski definition) is 3. The van der Waals surface area contributed by atoms with Crippen LogP contribution in [0.3, 0.4) is 0 Å². The molecule has 1 aliphatic heterocycles. The van der Waals surface area contributed by atoms with Crippen LogP contribution in [0.25, 0.3) is 6.08 Å². The third kappa shape index (κ3) is 3.47. The number of carbonyl (C=O) groups is 2. The molecular weight excluding hydrogens is 328 g/mol. The van der Waals surface area contributed by atoms with E-state index in [-0.39, 0.29) is 23.8 Å². The predicted molar refractivity (Wildman–Crippen MR) is 102 cm³/mol. The number of para-hydroxylation sites is 1. The van der Waals surface area contributed by atoms with Crippen molar-refractivity contribution < 1.29 is 14.3 Å². The Hall–Kier alpha value is -3.08. The van der Waals surface area contributed by atoms with Gasteiger partial charge < -0.3 is 15.4 Å². The number of amides is 2. The molecule has 0 saturated carbocycles. The minimum absolute atomic E-state index is 0.121. The van der Waals surface area contributed by atoms with Gasteiger partial charge in [0.25, 0.3) is 5.91 Å². The van der Waals surface area contributed by atoms with Crippen LogP contribution < -0.4 is 15.4 Å². The fourth-order valence-electron chi connectivity index (χ4n) is 3.41. The molecule has 2 aromatic carbocycles. The van der Waals surface area contributed by atoms with Crippen molar-refractivity contribution >= 4 is 23.6 Å². The van der Waals surface area contributed by atoms with Gasteiger partial charge in [-0.3, -0.25) is 9.59 Å². The highest BCUT2D eigenvalue weighted by Crippen LogP contribution is 2.38. The summed E-state index contributed by atoms with van der Waals surface area (Å²) in [7, 11) is 1.61. The average Bonchev–Trinajstić information content (AvgIpc) is 2.65. The summed E-state index contributed by atoms with van der Waals surface area (Å²) >= 11 is 0. The van der Waals surface area contributed by atoms with Crippen molar-refractivity contribution in [3.05, 3.63) is 65.7 Å². The van der Waals surface area contributed by atoms with Gasteiger partial charge in [-0.2, -0.15) is 0 Å². The van der Waals surface area contributed by atoms with Gasteiger partial charge in [-0.15, -0.1) is 0 Å². The Labute approximate surface area is 153 Å². The summed E-state index contributed by atoms with van der Waals surface area (Å²) in [5.41, 5.74) is 7.99. The van der Waals surface area contributed by atoms with Crippen LogP contribution >= 0.6 is 0 Å². The number of primary amides is 1. The van der Waals surface area contributed by atoms with Crippen molar-refractivity contribution in [3.8, 4) is 5.75 Å². The van der Waals surface area contributed by atoms with Crippen molar-refractivity contribution in [2.75, 3.05) is 12.0 Å². The number of rotatable bonds is 4. The number of hydrogen-bond donors (Lipinski definition) is 1. The molecule has 3 rings (SSSR count). The summed E-state index contributed by atoms with van der Waals surface area (Å²) in [6.07, 6.45) is 3.83. The van der Waals surface area contributed by atoms with Crippen molar-refractivity contribution in [1.29, 1.82) is 0 Å². The zero-order chi connectivity index (χ0) is 18.7. The zero-order valence-electron chi connectivity index (χ0n) is 14.9. The molecule has 0 fully saturated rings. The summed E-state index contributed by atoms with van der Waals surface area (Å²) in [6.45, 7) is 1.93. The number of fused-ring (bicyclic) bond motifs is 1. The first-order valence-corrected chi connectivity index (χ1v) is 8.55. The van der Waals surface area contributed by atoms with E-state index in [2.05, 4.69) is 0 Å². The fraction of sp³-hybridized carbons (Fsp3) is 0.238.